The molecular weight excluding hydrogens is 345 g/mol. The first-order valence-electron chi connectivity index (χ1n) is 7.52. The fraction of sp³-hybridized carbons (Fsp3) is 0.176. The summed E-state index contributed by atoms with van der Waals surface area (Å²) in [6.07, 6.45) is 0. The minimum absolute atomic E-state index is 0.159. The standard InChI is InChI=1S/C17H16FN3O3S/c1-12-19-20-17(24-12)16(14-5-3-2-4-6-14)21-25(22,23)11-13-7-9-15(18)10-8-13/h2-10,16,21H,11H2,1H3. The second-order valence-corrected chi connectivity index (χ2v) is 7.26. The predicted molar refractivity (Wildman–Crippen MR) is 89.5 cm³/mol. The molecule has 0 saturated carbocycles. The third-order valence-electron chi connectivity index (χ3n) is 3.49. The van der Waals surface area contributed by atoms with E-state index in [2.05, 4.69) is 14.9 Å². The lowest BCUT2D eigenvalue weighted by molar-refractivity contribution is 0.436. The molecule has 1 heterocycles. The van der Waals surface area contributed by atoms with Crippen molar-refractivity contribution in [1.82, 2.24) is 14.9 Å². The molecule has 3 aromatic rings. The Morgan fingerprint density at radius 2 is 1.76 bits per heavy atom. The summed E-state index contributed by atoms with van der Waals surface area (Å²) in [5.41, 5.74) is 1.15. The molecule has 0 bridgehead atoms. The van der Waals surface area contributed by atoms with Crippen molar-refractivity contribution in [3.63, 3.8) is 0 Å². The number of rotatable bonds is 6. The molecule has 1 atom stereocenters. The normalized spacial score (nSPS) is 12.9. The Hall–Kier alpha value is -2.58. The van der Waals surface area contributed by atoms with Gasteiger partial charge in [-0.15, -0.1) is 10.2 Å². The largest absolute Gasteiger partial charge is 0.423 e. The molecule has 0 spiro atoms. The SMILES string of the molecule is Cc1nnc(C(NS(=O)(=O)Cc2ccc(F)cc2)c2ccccc2)o1. The first-order chi connectivity index (χ1) is 11.9. The molecule has 8 heteroatoms. The van der Waals surface area contributed by atoms with Crippen LogP contribution in [-0.2, 0) is 15.8 Å². The quantitative estimate of drug-likeness (QED) is 0.730. The van der Waals surface area contributed by atoms with Crippen LogP contribution in [0.5, 0.6) is 0 Å². The summed E-state index contributed by atoms with van der Waals surface area (Å²) >= 11 is 0. The lowest BCUT2D eigenvalue weighted by atomic mass is 10.1. The highest BCUT2D eigenvalue weighted by atomic mass is 32.2. The van der Waals surface area contributed by atoms with Crippen LogP contribution in [0.2, 0.25) is 0 Å². The van der Waals surface area contributed by atoms with E-state index in [1.165, 1.54) is 24.3 Å². The lowest BCUT2D eigenvalue weighted by Crippen LogP contribution is -2.30. The van der Waals surface area contributed by atoms with Gasteiger partial charge >= 0.3 is 0 Å². The molecule has 0 aliphatic heterocycles. The number of aryl methyl sites for hydroxylation is 1. The molecular formula is C17H16FN3O3S. The minimum atomic E-state index is -3.73. The topological polar surface area (TPSA) is 85.1 Å². The third kappa shape index (κ3) is 4.49. The molecule has 0 aliphatic rings. The summed E-state index contributed by atoms with van der Waals surface area (Å²) in [6.45, 7) is 1.63. The van der Waals surface area contributed by atoms with Crippen LogP contribution in [-0.4, -0.2) is 18.6 Å². The maximum absolute atomic E-state index is 13.0. The first-order valence-corrected chi connectivity index (χ1v) is 9.17. The average molecular weight is 361 g/mol. The molecule has 130 valence electrons. The van der Waals surface area contributed by atoms with Crippen LogP contribution in [0, 0.1) is 12.7 Å². The number of sulfonamides is 1. The Morgan fingerprint density at radius 1 is 1.08 bits per heavy atom. The molecule has 2 aromatic carbocycles. The lowest BCUT2D eigenvalue weighted by Gasteiger charge is -2.16. The smallest absolute Gasteiger partial charge is 0.238 e. The Labute approximate surface area is 144 Å². The van der Waals surface area contributed by atoms with Gasteiger partial charge in [0.05, 0.1) is 5.75 Å². The van der Waals surface area contributed by atoms with Gasteiger partial charge in [0, 0.05) is 6.92 Å². The molecule has 6 nitrogen and oxygen atoms in total. The van der Waals surface area contributed by atoms with Gasteiger partial charge in [-0.1, -0.05) is 42.5 Å². The molecule has 0 amide bonds. The highest BCUT2D eigenvalue weighted by Crippen LogP contribution is 2.22. The summed E-state index contributed by atoms with van der Waals surface area (Å²) in [5, 5.41) is 7.70. The van der Waals surface area contributed by atoms with Gasteiger partial charge in [-0.3, -0.25) is 0 Å². The number of nitrogens with one attached hydrogen (secondary N) is 1. The van der Waals surface area contributed by atoms with E-state index < -0.39 is 21.9 Å². The van der Waals surface area contributed by atoms with Crippen molar-refractivity contribution in [2.45, 2.75) is 18.7 Å². The van der Waals surface area contributed by atoms with Crippen molar-refractivity contribution in [3.8, 4) is 0 Å². The minimum Gasteiger partial charge on any atom is -0.423 e. The van der Waals surface area contributed by atoms with Gasteiger partial charge in [0.25, 0.3) is 0 Å². The summed E-state index contributed by atoms with van der Waals surface area (Å²) in [4.78, 5) is 0. The zero-order chi connectivity index (χ0) is 17.9. The Balaban J connectivity index is 1.87. The number of hydrogen-bond donors (Lipinski definition) is 1. The van der Waals surface area contributed by atoms with E-state index in [4.69, 9.17) is 4.42 Å². The Morgan fingerprint density at radius 3 is 2.36 bits per heavy atom. The number of aromatic nitrogens is 2. The van der Waals surface area contributed by atoms with Crippen LogP contribution in [0.15, 0.2) is 59.0 Å². The van der Waals surface area contributed by atoms with E-state index >= 15 is 0 Å². The molecule has 1 aromatic heterocycles. The zero-order valence-electron chi connectivity index (χ0n) is 13.4. The second-order valence-electron chi connectivity index (χ2n) is 5.51. The van der Waals surface area contributed by atoms with Crippen molar-refractivity contribution >= 4 is 10.0 Å². The van der Waals surface area contributed by atoms with Gasteiger partial charge < -0.3 is 4.42 Å². The number of benzene rings is 2. The Kier molecular flexibility index (Phi) is 4.91. The molecule has 0 fully saturated rings. The second kappa shape index (κ2) is 7.12. The number of halogens is 1. The van der Waals surface area contributed by atoms with Crippen molar-refractivity contribution in [3.05, 3.63) is 83.3 Å². The first kappa shape index (κ1) is 17.2. The predicted octanol–water partition coefficient (Wildman–Crippen LogP) is 2.73. The zero-order valence-corrected chi connectivity index (χ0v) is 14.2. The molecule has 0 radical (unpaired) electrons. The summed E-state index contributed by atoms with van der Waals surface area (Å²) in [7, 11) is -3.73. The van der Waals surface area contributed by atoms with E-state index in [0.29, 0.717) is 17.0 Å². The van der Waals surface area contributed by atoms with Gasteiger partial charge in [-0.05, 0) is 23.3 Å². The summed E-state index contributed by atoms with van der Waals surface area (Å²) in [6, 6.07) is 13.5. The summed E-state index contributed by atoms with van der Waals surface area (Å²) in [5.74, 6) is -0.207. The maximum Gasteiger partial charge on any atom is 0.238 e. The van der Waals surface area contributed by atoms with E-state index in [9.17, 15) is 12.8 Å². The molecule has 25 heavy (non-hydrogen) atoms. The van der Waals surface area contributed by atoms with Crippen LogP contribution in [0.1, 0.15) is 29.0 Å². The van der Waals surface area contributed by atoms with Crippen LogP contribution in [0.4, 0.5) is 4.39 Å². The molecule has 3 rings (SSSR count). The van der Waals surface area contributed by atoms with E-state index in [-0.39, 0.29) is 11.6 Å². The van der Waals surface area contributed by atoms with Crippen LogP contribution >= 0.6 is 0 Å². The van der Waals surface area contributed by atoms with E-state index in [0.717, 1.165) is 0 Å². The maximum atomic E-state index is 13.0. The van der Waals surface area contributed by atoms with E-state index in [1.54, 1.807) is 31.2 Å². The van der Waals surface area contributed by atoms with Gasteiger partial charge in [-0.2, -0.15) is 4.72 Å². The third-order valence-corrected chi connectivity index (χ3v) is 4.80. The van der Waals surface area contributed by atoms with Crippen LogP contribution < -0.4 is 4.72 Å². The molecule has 1 N–H and O–H groups in total. The monoisotopic (exact) mass is 361 g/mol. The fourth-order valence-corrected chi connectivity index (χ4v) is 3.67. The molecule has 0 aliphatic carbocycles. The van der Waals surface area contributed by atoms with Crippen molar-refractivity contribution in [2.75, 3.05) is 0 Å². The van der Waals surface area contributed by atoms with Crippen LogP contribution in [0.25, 0.3) is 0 Å². The summed E-state index contributed by atoms with van der Waals surface area (Å²) < 4.78 is 46.1. The Bertz CT molecular complexity index is 941. The van der Waals surface area contributed by atoms with Crippen molar-refractivity contribution < 1.29 is 17.2 Å². The highest BCUT2D eigenvalue weighted by Gasteiger charge is 2.26. The van der Waals surface area contributed by atoms with Crippen LogP contribution in [0.3, 0.4) is 0 Å². The highest BCUT2D eigenvalue weighted by molar-refractivity contribution is 7.88. The molecule has 0 saturated heterocycles. The van der Waals surface area contributed by atoms with Gasteiger partial charge in [-0.25, -0.2) is 12.8 Å². The van der Waals surface area contributed by atoms with Crippen molar-refractivity contribution in [1.29, 1.82) is 0 Å². The van der Waals surface area contributed by atoms with Gasteiger partial charge in [0.2, 0.25) is 21.8 Å². The fourth-order valence-electron chi connectivity index (χ4n) is 2.36. The van der Waals surface area contributed by atoms with Gasteiger partial charge in [0.15, 0.2) is 0 Å². The van der Waals surface area contributed by atoms with Gasteiger partial charge in [0.1, 0.15) is 11.9 Å². The molecule has 1 unspecified atom stereocenters. The number of nitrogens with zero attached hydrogens (tertiary/aromatic N) is 2. The van der Waals surface area contributed by atoms with E-state index in [1.807, 2.05) is 6.07 Å². The average Bonchev–Trinajstić information content (AvgIpc) is 3.02. The number of hydrogen-bond acceptors (Lipinski definition) is 5. The van der Waals surface area contributed by atoms with Crippen molar-refractivity contribution in [2.24, 2.45) is 0 Å².